The van der Waals surface area contributed by atoms with Crippen molar-refractivity contribution in [2.45, 2.75) is 38.9 Å². The Morgan fingerprint density at radius 3 is 1.70 bits per heavy atom. The first-order chi connectivity index (χ1) is 4.31. The van der Waals surface area contributed by atoms with Gasteiger partial charge in [0, 0.05) is 0 Å². The quantitative estimate of drug-likeness (QED) is 0.422. The summed E-state index contributed by atoms with van der Waals surface area (Å²) in [6.07, 6.45) is 2.03. The molecule has 0 spiro atoms. The molecule has 0 fully saturated rings. The lowest BCUT2D eigenvalue weighted by atomic mass is 10.2. The van der Waals surface area contributed by atoms with Gasteiger partial charge in [0.25, 0.3) is 0 Å². The minimum Gasteiger partial charge on any atom is -0.462 e. The normalized spacial score (nSPS) is 12.1. The van der Waals surface area contributed by atoms with Crippen molar-refractivity contribution in [3.05, 3.63) is 0 Å². The van der Waals surface area contributed by atoms with Crippen LogP contribution < -0.4 is 0 Å². The molecule has 0 amide bonds. The van der Waals surface area contributed by atoms with Crippen LogP contribution in [0.25, 0.3) is 0 Å². The second-order valence-corrected chi connectivity index (χ2v) is 9.11. The minimum absolute atomic E-state index is 0.253. The number of hydrogen-bond acceptors (Lipinski definition) is 1. The van der Waals surface area contributed by atoms with Crippen molar-refractivity contribution in [3.63, 3.8) is 0 Å². The molecular formula is C8H16OSi. The van der Waals surface area contributed by atoms with E-state index < -0.39 is 8.07 Å². The van der Waals surface area contributed by atoms with Crippen molar-refractivity contribution in [1.29, 1.82) is 0 Å². The molecule has 1 nitrogen and oxygen atoms in total. The van der Waals surface area contributed by atoms with Gasteiger partial charge in [-0.25, -0.2) is 0 Å². The molecule has 0 aliphatic carbocycles. The summed E-state index contributed by atoms with van der Waals surface area (Å²) in [5.74, 6) is 0. The van der Waals surface area contributed by atoms with Gasteiger partial charge in [0.15, 0.2) is 0 Å². The van der Waals surface area contributed by atoms with E-state index in [1.165, 1.54) is 0 Å². The number of aliphatic hydroxyl groups is 1. The maximum Gasteiger partial charge on any atom is 0.142 e. The Balaban J connectivity index is 4.51. The molecule has 0 aliphatic rings. The van der Waals surface area contributed by atoms with E-state index in [-0.39, 0.29) is 5.04 Å². The van der Waals surface area contributed by atoms with E-state index in [9.17, 15) is 0 Å². The van der Waals surface area contributed by atoms with Gasteiger partial charge in [0.1, 0.15) is 8.07 Å². The third kappa shape index (κ3) is 2.07. The van der Waals surface area contributed by atoms with Crippen LogP contribution in [0.4, 0.5) is 0 Å². The Hall–Kier alpha value is -0.423. The minimum atomic E-state index is -1.52. The fraction of sp³-hybridized carbons (Fsp3) is 0.750. The zero-order chi connectivity index (χ0) is 8.41. The molecular weight excluding hydrogens is 140 g/mol. The Morgan fingerprint density at radius 1 is 1.20 bits per heavy atom. The molecule has 0 aliphatic heterocycles. The average Bonchev–Trinajstić information content (AvgIpc) is 1.61. The summed E-state index contributed by atoms with van der Waals surface area (Å²) in [6, 6.07) is 0. The maximum atomic E-state index is 8.44. The maximum absolute atomic E-state index is 8.44. The van der Waals surface area contributed by atoms with Gasteiger partial charge >= 0.3 is 0 Å². The van der Waals surface area contributed by atoms with Crippen LogP contribution in [0.1, 0.15) is 20.8 Å². The van der Waals surface area contributed by atoms with Crippen LogP contribution in [0.15, 0.2) is 0 Å². The average molecular weight is 156 g/mol. The molecule has 0 unspecified atom stereocenters. The summed E-state index contributed by atoms with van der Waals surface area (Å²) in [6.45, 7) is 10.8. The monoisotopic (exact) mass is 156 g/mol. The number of rotatable bonds is 0. The zero-order valence-corrected chi connectivity index (χ0v) is 8.45. The van der Waals surface area contributed by atoms with E-state index in [0.29, 0.717) is 0 Å². The van der Waals surface area contributed by atoms with E-state index in [1.54, 1.807) is 0 Å². The Morgan fingerprint density at radius 2 is 1.60 bits per heavy atom. The second-order valence-electron chi connectivity index (χ2n) is 4.11. The number of hydrogen-bond donors (Lipinski definition) is 1. The molecule has 0 aromatic heterocycles. The van der Waals surface area contributed by atoms with Crippen molar-refractivity contribution in [3.8, 4) is 11.7 Å². The summed E-state index contributed by atoms with van der Waals surface area (Å²) < 4.78 is 0. The topological polar surface area (TPSA) is 20.2 Å². The Labute approximate surface area is 64.5 Å². The lowest BCUT2D eigenvalue weighted by Crippen LogP contribution is -2.35. The Bertz CT molecular complexity index is 166. The fourth-order valence-electron chi connectivity index (χ4n) is 0.327. The molecule has 0 atom stereocenters. The summed E-state index contributed by atoms with van der Waals surface area (Å²) >= 11 is 0. The van der Waals surface area contributed by atoms with Gasteiger partial charge in [-0.1, -0.05) is 39.4 Å². The highest BCUT2D eigenvalue weighted by atomic mass is 28.3. The van der Waals surface area contributed by atoms with Gasteiger partial charge in [0.05, 0.1) is 6.11 Å². The molecule has 0 bridgehead atoms. The first-order valence-corrected chi connectivity index (χ1v) is 6.47. The van der Waals surface area contributed by atoms with Crippen molar-refractivity contribution in [1.82, 2.24) is 0 Å². The summed E-state index contributed by atoms with van der Waals surface area (Å²) in [5, 5.41) is 8.69. The van der Waals surface area contributed by atoms with Crippen LogP contribution in [-0.2, 0) is 0 Å². The summed E-state index contributed by atoms with van der Waals surface area (Å²) in [5.41, 5.74) is 2.91. The molecule has 2 heteroatoms. The van der Waals surface area contributed by atoms with Gasteiger partial charge in [-0.3, -0.25) is 0 Å². The highest BCUT2D eigenvalue weighted by molar-refractivity contribution is 6.87. The Kier molecular flexibility index (Phi) is 2.56. The van der Waals surface area contributed by atoms with Gasteiger partial charge in [0.2, 0.25) is 0 Å². The molecule has 0 saturated heterocycles. The third-order valence-corrected chi connectivity index (χ3v) is 6.73. The van der Waals surface area contributed by atoms with E-state index in [2.05, 4.69) is 39.4 Å². The summed E-state index contributed by atoms with van der Waals surface area (Å²) in [7, 11) is -1.52. The van der Waals surface area contributed by atoms with E-state index >= 15 is 0 Å². The van der Waals surface area contributed by atoms with Crippen LogP contribution in [-0.4, -0.2) is 13.2 Å². The van der Waals surface area contributed by atoms with Crippen LogP contribution in [0.2, 0.25) is 18.1 Å². The smallest absolute Gasteiger partial charge is 0.142 e. The lowest BCUT2D eigenvalue weighted by Gasteiger charge is -2.30. The SMILES string of the molecule is CC(C)(C)[Si](C)(C)C#CO. The number of aliphatic hydroxyl groups excluding tert-OH is 1. The van der Waals surface area contributed by atoms with Gasteiger partial charge in [-0.2, -0.15) is 0 Å². The van der Waals surface area contributed by atoms with Crippen LogP contribution >= 0.6 is 0 Å². The van der Waals surface area contributed by atoms with Crippen molar-refractivity contribution < 1.29 is 5.11 Å². The molecule has 0 saturated carbocycles. The molecule has 0 aromatic rings. The molecule has 0 aromatic carbocycles. The lowest BCUT2D eigenvalue weighted by molar-refractivity contribution is 0.517. The molecule has 1 N–H and O–H groups in total. The van der Waals surface area contributed by atoms with Crippen molar-refractivity contribution in [2.75, 3.05) is 0 Å². The van der Waals surface area contributed by atoms with Crippen molar-refractivity contribution >= 4 is 8.07 Å². The first-order valence-electron chi connectivity index (χ1n) is 3.47. The van der Waals surface area contributed by atoms with Gasteiger partial charge in [-0.05, 0) is 5.04 Å². The van der Waals surface area contributed by atoms with Crippen molar-refractivity contribution in [2.24, 2.45) is 0 Å². The van der Waals surface area contributed by atoms with Crippen LogP contribution in [0, 0.1) is 11.7 Å². The fourth-order valence-corrected chi connectivity index (χ4v) is 0.982. The van der Waals surface area contributed by atoms with E-state index in [1.807, 2.05) is 6.11 Å². The van der Waals surface area contributed by atoms with Gasteiger partial charge in [-0.15, -0.1) is 0 Å². The highest BCUT2D eigenvalue weighted by Gasteiger charge is 2.33. The van der Waals surface area contributed by atoms with Gasteiger partial charge < -0.3 is 5.11 Å². The predicted octanol–water partition coefficient (Wildman–Crippen LogP) is 2.37. The first kappa shape index (κ1) is 9.58. The zero-order valence-electron chi connectivity index (χ0n) is 7.45. The molecule has 0 heterocycles. The van der Waals surface area contributed by atoms with Crippen LogP contribution in [0.5, 0.6) is 0 Å². The second kappa shape index (κ2) is 2.67. The van der Waals surface area contributed by atoms with E-state index in [4.69, 9.17) is 5.11 Å². The van der Waals surface area contributed by atoms with E-state index in [0.717, 1.165) is 0 Å². The van der Waals surface area contributed by atoms with Crippen LogP contribution in [0.3, 0.4) is 0 Å². The molecule has 0 rings (SSSR count). The highest BCUT2D eigenvalue weighted by Crippen LogP contribution is 2.34. The molecule has 10 heavy (non-hydrogen) atoms. The third-order valence-electron chi connectivity index (χ3n) is 2.24. The standard InChI is InChI=1S/C8H16OSi/c1-8(2,3)10(4,5)7-6-9/h9H,1-5H3. The largest absolute Gasteiger partial charge is 0.462 e. The predicted molar refractivity (Wildman–Crippen MR) is 46.9 cm³/mol. The molecule has 0 radical (unpaired) electrons. The summed E-state index contributed by atoms with van der Waals surface area (Å²) in [4.78, 5) is 0. The molecule has 58 valence electrons.